The number of carbonyl (C=O) groups is 1. The van der Waals surface area contributed by atoms with E-state index in [4.69, 9.17) is 5.11 Å². The normalized spacial score (nSPS) is 11.7. The number of anilines is 1. The van der Waals surface area contributed by atoms with Crippen molar-refractivity contribution in [1.29, 1.82) is 0 Å². The molecule has 0 aliphatic carbocycles. The molecule has 1 aromatic heterocycles. The molecule has 0 radical (unpaired) electrons. The van der Waals surface area contributed by atoms with E-state index in [2.05, 4.69) is 34.7 Å². The van der Waals surface area contributed by atoms with Crippen molar-refractivity contribution in [3.63, 3.8) is 0 Å². The highest BCUT2D eigenvalue weighted by Crippen LogP contribution is 2.27. The topological polar surface area (TPSA) is 87.1 Å². The van der Waals surface area contributed by atoms with Crippen LogP contribution in [-0.2, 0) is 0 Å². The van der Waals surface area contributed by atoms with Crippen LogP contribution in [0.1, 0.15) is 57.9 Å². The predicted molar refractivity (Wildman–Crippen MR) is 81.2 cm³/mol. The van der Waals surface area contributed by atoms with E-state index in [9.17, 15) is 4.79 Å². The van der Waals surface area contributed by atoms with Gasteiger partial charge in [-0.3, -0.25) is 5.32 Å². The van der Waals surface area contributed by atoms with Gasteiger partial charge in [-0.15, -0.1) is 10.2 Å². The van der Waals surface area contributed by atoms with Crippen LogP contribution in [0.3, 0.4) is 0 Å². The molecule has 0 saturated heterocycles. The number of urea groups is 1. The highest BCUT2D eigenvalue weighted by atomic mass is 32.1. The quantitative estimate of drug-likeness (QED) is 0.722. The van der Waals surface area contributed by atoms with Crippen LogP contribution in [0.5, 0.6) is 0 Å². The second-order valence-corrected chi connectivity index (χ2v) is 6.40. The Morgan fingerprint density at radius 3 is 2.55 bits per heavy atom. The summed E-state index contributed by atoms with van der Waals surface area (Å²) in [6, 6.07) is -0.323. The van der Waals surface area contributed by atoms with E-state index in [-0.39, 0.29) is 12.6 Å². The molecule has 0 spiro atoms. The lowest BCUT2D eigenvalue weighted by molar-refractivity contribution is 0.218. The van der Waals surface area contributed by atoms with Crippen LogP contribution in [0, 0.1) is 0 Å². The van der Waals surface area contributed by atoms with E-state index in [1.807, 2.05) is 13.8 Å². The van der Waals surface area contributed by atoms with Gasteiger partial charge in [-0.05, 0) is 33.1 Å². The molecule has 1 heterocycles. The van der Waals surface area contributed by atoms with Gasteiger partial charge in [-0.2, -0.15) is 0 Å². The average Bonchev–Trinajstić information content (AvgIpc) is 2.78. The number of nitrogens with one attached hydrogen (secondary N) is 2. The van der Waals surface area contributed by atoms with Gasteiger partial charge in [0.1, 0.15) is 5.01 Å². The Morgan fingerprint density at radius 1 is 1.35 bits per heavy atom. The molecule has 1 aromatic rings. The van der Waals surface area contributed by atoms with Gasteiger partial charge in [0.25, 0.3) is 0 Å². The van der Waals surface area contributed by atoms with Gasteiger partial charge in [0.05, 0.1) is 0 Å². The number of amides is 2. The number of aliphatic hydroxyl groups excluding tert-OH is 1. The van der Waals surface area contributed by atoms with Crippen LogP contribution in [0.2, 0.25) is 0 Å². The van der Waals surface area contributed by atoms with E-state index in [1.54, 1.807) is 0 Å². The van der Waals surface area contributed by atoms with Crippen molar-refractivity contribution >= 4 is 22.5 Å². The summed E-state index contributed by atoms with van der Waals surface area (Å²) in [6.45, 7) is 7.99. The largest absolute Gasteiger partial charge is 0.396 e. The lowest BCUT2D eigenvalue weighted by atomic mass is 10.0. The molecule has 0 aliphatic rings. The first-order valence-electron chi connectivity index (χ1n) is 6.95. The molecule has 2 amide bonds. The van der Waals surface area contributed by atoms with Gasteiger partial charge in [0.2, 0.25) is 5.13 Å². The second kappa shape index (κ2) is 7.54. The maximum Gasteiger partial charge on any atom is 0.321 e. The molecule has 0 aliphatic heterocycles. The summed E-state index contributed by atoms with van der Waals surface area (Å²) in [7, 11) is 0. The molecule has 7 heteroatoms. The van der Waals surface area contributed by atoms with E-state index in [0.29, 0.717) is 17.5 Å². The monoisotopic (exact) mass is 300 g/mol. The molecule has 20 heavy (non-hydrogen) atoms. The Morgan fingerprint density at radius 2 is 2.00 bits per heavy atom. The fraction of sp³-hybridized carbons (Fsp3) is 0.769. The summed E-state index contributed by atoms with van der Waals surface area (Å²) in [5.74, 6) is 0.400. The minimum Gasteiger partial charge on any atom is -0.396 e. The van der Waals surface area contributed by atoms with Crippen molar-refractivity contribution in [3.8, 4) is 0 Å². The lowest BCUT2D eigenvalue weighted by Crippen LogP contribution is -2.46. The Bertz CT molecular complexity index is 430. The summed E-state index contributed by atoms with van der Waals surface area (Å²) < 4.78 is 0. The fourth-order valence-corrected chi connectivity index (χ4v) is 2.87. The van der Waals surface area contributed by atoms with E-state index in [1.165, 1.54) is 11.3 Å². The molecule has 0 saturated carbocycles. The van der Waals surface area contributed by atoms with Crippen molar-refractivity contribution < 1.29 is 9.90 Å². The van der Waals surface area contributed by atoms with Crippen molar-refractivity contribution in [3.05, 3.63) is 5.01 Å². The predicted octanol–water partition coefficient (Wildman–Crippen LogP) is 2.72. The standard InChI is InChI=1S/C13H24N4O2S/c1-5-9(6-2)10-16-17-12(20-10)14-11(19)15-13(3,4)7-8-18/h9,18H,5-8H2,1-4H3,(H2,14,15,17,19). The minimum atomic E-state index is -0.457. The summed E-state index contributed by atoms with van der Waals surface area (Å²) in [4.78, 5) is 11.9. The number of hydrogen-bond donors (Lipinski definition) is 3. The average molecular weight is 300 g/mol. The van der Waals surface area contributed by atoms with Gasteiger partial charge >= 0.3 is 6.03 Å². The smallest absolute Gasteiger partial charge is 0.321 e. The third-order valence-corrected chi connectivity index (χ3v) is 4.19. The molecule has 1 rings (SSSR count). The molecule has 6 nitrogen and oxygen atoms in total. The Balaban J connectivity index is 2.59. The van der Waals surface area contributed by atoms with E-state index < -0.39 is 5.54 Å². The Labute approximate surface area is 124 Å². The SMILES string of the molecule is CCC(CC)c1nnc(NC(=O)NC(C)(C)CCO)s1. The fourth-order valence-electron chi connectivity index (χ4n) is 1.87. The number of hydrogen-bond acceptors (Lipinski definition) is 5. The molecule has 3 N–H and O–H groups in total. The van der Waals surface area contributed by atoms with Crippen molar-refractivity contribution in [2.24, 2.45) is 0 Å². The maximum atomic E-state index is 11.9. The van der Waals surface area contributed by atoms with Gasteiger partial charge in [-0.1, -0.05) is 25.2 Å². The van der Waals surface area contributed by atoms with E-state index in [0.717, 1.165) is 17.8 Å². The Kier molecular flexibility index (Phi) is 6.35. The van der Waals surface area contributed by atoms with Gasteiger partial charge in [-0.25, -0.2) is 4.79 Å². The summed E-state index contributed by atoms with van der Waals surface area (Å²) in [5, 5.41) is 24.0. The summed E-state index contributed by atoms with van der Waals surface area (Å²) in [6.07, 6.45) is 2.53. The van der Waals surface area contributed by atoms with Crippen LogP contribution in [0.25, 0.3) is 0 Å². The van der Waals surface area contributed by atoms with Crippen molar-refractivity contribution in [2.45, 2.75) is 58.4 Å². The first-order valence-corrected chi connectivity index (χ1v) is 7.77. The molecule has 0 fully saturated rings. The molecule has 0 bridgehead atoms. The van der Waals surface area contributed by atoms with E-state index >= 15 is 0 Å². The van der Waals surface area contributed by atoms with Gasteiger partial charge < -0.3 is 10.4 Å². The second-order valence-electron chi connectivity index (χ2n) is 5.40. The minimum absolute atomic E-state index is 0.0327. The lowest BCUT2D eigenvalue weighted by Gasteiger charge is -2.24. The zero-order valence-electron chi connectivity index (χ0n) is 12.6. The Hall–Kier alpha value is -1.21. The zero-order valence-corrected chi connectivity index (χ0v) is 13.4. The zero-order chi connectivity index (χ0) is 15.2. The molecule has 114 valence electrons. The summed E-state index contributed by atoms with van der Waals surface area (Å²) in [5.41, 5.74) is -0.457. The van der Waals surface area contributed by atoms with Crippen LogP contribution >= 0.6 is 11.3 Å². The third kappa shape index (κ3) is 5.05. The highest BCUT2D eigenvalue weighted by molar-refractivity contribution is 7.15. The van der Waals surface area contributed by atoms with Crippen LogP contribution in [0.4, 0.5) is 9.93 Å². The van der Waals surface area contributed by atoms with Crippen LogP contribution in [-0.4, -0.2) is 33.5 Å². The number of carbonyl (C=O) groups excluding carboxylic acids is 1. The summed E-state index contributed by atoms with van der Waals surface area (Å²) >= 11 is 1.41. The highest BCUT2D eigenvalue weighted by Gasteiger charge is 2.21. The molecular weight excluding hydrogens is 276 g/mol. The number of rotatable bonds is 7. The third-order valence-electron chi connectivity index (χ3n) is 3.18. The molecule has 0 atom stereocenters. The first-order chi connectivity index (χ1) is 9.41. The number of aliphatic hydroxyl groups is 1. The molecule has 0 unspecified atom stereocenters. The van der Waals surface area contributed by atoms with Crippen LogP contribution < -0.4 is 10.6 Å². The number of aromatic nitrogens is 2. The molecule has 0 aromatic carbocycles. The van der Waals surface area contributed by atoms with Crippen molar-refractivity contribution in [2.75, 3.05) is 11.9 Å². The maximum absolute atomic E-state index is 11.9. The first kappa shape index (κ1) is 16.8. The van der Waals surface area contributed by atoms with Gasteiger partial charge in [0.15, 0.2) is 0 Å². The van der Waals surface area contributed by atoms with Crippen LogP contribution in [0.15, 0.2) is 0 Å². The molecular formula is C13H24N4O2S. The van der Waals surface area contributed by atoms with Gasteiger partial charge in [0, 0.05) is 18.1 Å². The number of nitrogens with zero attached hydrogens (tertiary/aromatic N) is 2. The van der Waals surface area contributed by atoms with Crippen molar-refractivity contribution in [1.82, 2.24) is 15.5 Å².